The number of nitrogens with one attached hydrogen (secondary N) is 1. The van der Waals surface area contributed by atoms with Gasteiger partial charge in [-0.15, -0.1) is 22.7 Å². The summed E-state index contributed by atoms with van der Waals surface area (Å²) in [6.07, 6.45) is 0. The summed E-state index contributed by atoms with van der Waals surface area (Å²) < 4.78 is 27.8. The van der Waals surface area contributed by atoms with Gasteiger partial charge in [0.25, 0.3) is 0 Å². The van der Waals surface area contributed by atoms with E-state index in [1.807, 2.05) is 11.4 Å². The molecule has 0 unspecified atom stereocenters. The molecule has 2 rings (SSSR count). The molecule has 9 heteroatoms. The first-order valence-corrected chi connectivity index (χ1v) is 9.39. The maximum Gasteiger partial charge on any atom is 0.347 e. The molecule has 20 heavy (non-hydrogen) atoms. The van der Waals surface area contributed by atoms with Gasteiger partial charge in [-0.05, 0) is 39.9 Å². The lowest BCUT2D eigenvalue weighted by Crippen LogP contribution is -2.24. The number of sulfonamides is 1. The van der Waals surface area contributed by atoms with Gasteiger partial charge < -0.3 is 5.11 Å². The van der Waals surface area contributed by atoms with E-state index in [2.05, 4.69) is 20.7 Å². The Kier molecular flexibility index (Phi) is 4.65. The Hall–Kier alpha value is -0.740. The van der Waals surface area contributed by atoms with E-state index in [-0.39, 0.29) is 16.3 Å². The Morgan fingerprint density at radius 3 is 2.65 bits per heavy atom. The van der Waals surface area contributed by atoms with Crippen LogP contribution in [0.3, 0.4) is 0 Å². The molecular weight excluding hydrogens is 386 g/mol. The van der Waals surface area contributed by atoms with Crippen molar-refractivity contribution < 1.29 is 18.3 Å². The minimum Gasteiger partial charge on any atom is -0.477 e. The maximum atomic E-state index is 12.2. The van der Waals surface area contributed by atoms with Crippen LogP contribution in [0.15, 0.2) is 26.2 Å². The van der Waals surface area contributed by atoms with Crippen LogP contribution in [-0.4, -0.2) is 19.5 Å². The zero-order valence-corrected chi connectivity index (χ0v) is 14.2. The van der Waals surface area contributed by atoms with Gasteiger partial charge in [-0.2, -0.15) is 0 Å². The first kappa shape index (κ1) is 15.6. The molecule has 0 aliphatic heterocycles. The standard InChI is InChI=1S/C11H10BrNO4S3/c1-6-4-19-9(11(14)15)10(6)20(16,17)13-3-8-2-7(12)5-18-8/h2,4-5,13H,3H2,1H3,(H,14,15). The molecule has 0 aromatic carbocycles. The van der Waals surface area contributed by atoms with Crippen molar-refractivity contribution in [3.8, 4) is 0 Å². The van der Waals surface area contributed by atoms with Gasteiger partial charge in [-0.1, -0.05) is 0 Å². The largest absolute Gasteiger partial charge is 0.477 e. The average molecular weight is 396 g/mol. The highest BCUT2D eigenvalue weighted by Crippen LogP contribution is 2.27. The molecule has 108 valence electrons. The summed E-state index contributed by atoms with van der Waals surface area (Å²) in [6.45, 7) is 1.71. The molecule has 0 bridgehead atoms. The predicted octanol–water partition coefficient (Wildman–Crippen LogP) is 3.06. The fourth-order valence-electron chi connectivity index (χ4n) is 1.60. The molecule has 5 nitrogen and oxygen atoms in total. The van der Waals surface area contributed by atoms with Gasteiger partial charge in [0.1, 0.15) is 9.77 Å². The van der Waals surface area contributed by atoms with E-state index in [0.29, 0.717) is 5.56 Å². The van der Waals surface area contributed by atoms with E-state index in [1.54, 1.807) is 6.92 Å². The van der Waals surface area contributed by atoms with Crippen molar-refractivity contribution in [3.63, 3.8) is 0 Å². The van der Waals surface area contributed by atoms with Crippen molar-refractivity contribution in [2.24, 2.45) is 0 Å². The first-order chi connectivity index (χ1) is 9.31. The van der Waals surface area contributed by atoms with E-state index in [1.165, 1.54) is 16.7 Å². The highest BCUT2D eigenvalue weighted by atomic mass is 79.9. The number of aryl methyl sites for hydroxylation is 1. The maximum absolute atomic E-state index is 12.2. The second kappa shape index (κ2) is 5.94. The molecule has 0 amide bonds. The highest BCUT2D eigenvalue weighted by Gasteiger charge is 2.26. The zero-order valence-electron chi connectivity index (χ0n) is 10.2. The summed E-state index contributed by atoms with van der Waals surface area (Å²) in [4.78, 5) is 11.6. The Morgan fingerprint density at radius 2 is 2.10 bits per heavy atom. The summed E-state index contributed by atoms with van der Waals surface area (Å²) in [5, 5.41) is 12.4. The Bertz CT molecular complexity index is 748. The van der Waals surface area contributed by atoms with Crippen LogP contribution in [-0.2, 0) is 16.6 Å². The molecule has 0 spiro atoms. The topological polar surface area (TPSA) is 83.5 Å². The average Bonchev–Trinajstić information content (AvgIpc) is 2.93. The quantitative estimate of drug-likeness (QED) is 0.814. The van der Waals surface area contributed by atoms with E-state index < -0.39 is 16.0 Å². The normalized spacial score (nSPS) is 11.7. The first-order valence-electron chi connectivity index (χ1n) is 5.35. The number of hydrogen-bond donors (Lipinski definition) is 2. The lowest BCUT2D eigenvalue weighted by Gasteiger charge is -2.06. The summed E-state index contributed by atoms with van der Waals surface area (Å²) >= 11 is 5.62. The van der Waals surface area contributed by atoms with Gasteiger partial charge in [-0.25, -0.2) is 17.9 Å². The minimum absolute atomic E-state index is 0.132. The third-order valence-electron chi connectivity index (χ3n) is 2.44. The lowest BCUT2D eigenvalue weighted by atomic mass is 10.3. The smallest absolute Gasteiger partial charge is 0.347 e. The third kappa shape index (κ3) is 3.29. The van der Waals surface area contributed by atoms with Crippen LogP contribution < -0.4 is 4.72 Å². The number of rotatable bonds is 5. The lowest BCUT2D eigenvalue weighted by molar-refractivity contribution is 0.0698. The Morgan fingerprint density at radius 1 is 1.40 bits per heavy atom. The van der Waals surface area contributed by atoms with Crippen molar-refractivity contribution in [2.45, 2.75) is 18.4 Å². The molecule has 0 saturated carbocycles. The van der Waals surface area contributed by atoms with Gasteiger partial charge in [0.05, 0.1) is 0 Å². The monoisotopic (exact) mass is 395 g/mol. The number of carboxylic acid groups (broad SMARTS) is 1. The van der Waals surface area contributed by atoms with Crippen LogP contribution in [0.1, 0.15) is 20.1 Å². The number of carbonyl (C=O) groups is 1. The van der Waals surface area contributed by atoms with Gasteiger partial charge in [-0.3, -0.25) is 0 Å². The molecule has 0 aliphatic carbocycles. The van der Waals surface area contributed by atoms with Gasteiger partial charge in [0.2, 0.25) is 10.0 Å². The zero-order chi connectivity index (χ0) is 14.9. The number of hydrogen-bond acceptors (Lipinski definition) is 5. The van der Waals surface area contributed by atoms with E-state index >= 15 is 0 Å². The number of aromatic carboxylic acids is 1. The number of halogens is 1. The van der Waals surface area contributed by atoms with Crippen molar-refractivity contribution in [1.29, 1.82) is 0 Å². The fraction of sp³-hybridized carbons (Fsp3) is 0.182. The second-order valence-electron chi connectivity index (χ2n) is 3.94. The molecule has 0 fully saturated rings. The summed E-state index contributed by atoms with van der Waals surface area (Å²) in [5.41, 5.74) is 0.437. The molecular formula is C11H10BrNO4S3. The van der Waals surface area contributed by atoms with Gasteiger partial charge in [0.15, 0.2) is 0 Å². The molecule has 0 atom stereocenters. The molecule has 0 aliphatic rings. The van der Waals surface area contributed by atoms with Gasteiger partial charge >= 0.3 is 5.97 Å². The van der Waals surface area contributed by atoms with E-state index in [9.17, 15) is 13.2 Å². The fourth-order valence-corrected chi connectivity index (χ4v) is 5.72. The molecule has 2 N–H and O–H groups in total. The number of thiophene rings is 2. The van der Waals surface area contributed by atoms with E-state index in [4.69, 9.17) is 5.11 Å². The van der Waals surface area contributed by atoms with Gasteiger partial charge in [0, 0.05) is 21.3 Å². The van der Waals surface area contributed by atoms with Crippen molar-refractivity contribution in [1.82, 2.24) is 4.72 Å². The summed E-state index contributed by atoms with van der Waals surface area (Å²) in [6, 6.07) is 1.81. The number of carboxylic acids is 1. The van der Waals surface area contributed by atoms with Crippen LogP contribution in [0.25, 0.3) is 0 Å². The second-order valence-corrected chi connectivity index (χ2v) is 8.43. The minimum atomic E-state index is -3.84. The molecule has 0 radical (unpaired) electrons. The van der Waals surface area contributed by atoms with Crippen molar-refractivity contribution in [3.05, 3.63) is 36.6 Å². The molecule has 2 aromatic heterocycles. The highest BCUT2D eigenvalue weighted by molar-refractivity contribution is 9.10. The van der Waals surface area contributed by atoms with Crippen molar-refractivity contribution in [2.75, 3.05) is 0 Å². The SMILES string of the molecule is Cc1csc(C(=O)O)c1S(=O)(=O)NCc1cc(Br)cs1. The molecule has 2 aromatic rings. The van der Waals surface area contributed by atoms with Crippen molar-refractivity contribution >= 4 is 54.6 Å². The van der Waals surface area contributed by atoms with Crippen LogP contribution in [0.5, 0.6) is 0 Å². The van der Waals surface area contributed by atoms with Crippen LogP contribution >= 0.6 is 38.6 Å². The Labute approximate surface area is 132 Å². The van der Waals surface area contributed by atoms with Crippen LogP contribution in [0.4, 0.5) is 0 Å². The third-order valence-corrected chi connectivity index (χ3v) is 6.94. The summed E-state index contributed by atoms with van der Waals surface area (Å²) in [5.74, 6) is -1.23. The molecule has 0 saturated heterocycles. The van der Waals surface area contributed by atoms with E-state index in [0.717, 1.165) is 20.7 Å². The Balaban J connectivity index is 2.27. The molecule has 2 heterocycles. The summed E-state index contributed by atoms with van der Waals surface area (Å²) in [7, 11) is -3.84. The predicted molar refractivity (Wildman–Crippen MR) is 82.1 cm³/mol. The van der Waals surface area contributed by atoms with Crippen LogP contribution in [0, 0.1) is 6.92 Å². The van der Waals surface area contributed by atoms with Crippen LogP contribution in [0.2, 0.25) is 0 Å².